The zero-order chi connectivity index (χ0) is 19.5. The molecule has 28 heavy (non-hydrogen) atoms. The number of nitrogens with zero attached hydrogens (tertiary/aromatic N) is 4. The summed E-state index contributed by atoms with van der Waals surface area (Å²) in [7, 11) is 0. The van der Waals surface area contributed by atoms with Crippen LogP contribution in [-0.4, -0.2) is 25.7 Å². The van der Waals surface area contributed by atoms with E-state index in [2.05, 4.69) is 25.9 Å². The first-order valence-electron chi connectivity index (χ1n) is 8.68. The predicted molar refractivity (Wildman–Crippen MR) is 109 cm³/mol. The van der Waals surface area contributed by atoms with Gasteiger partial charge in [0.25, 0.3) is 5.91 Å². The van der Waals surface area contributed by atoms with Gasteiger partial charge in [-0.1, -0.05) is 24.3 Å². The van der Waals surface area contributed by atoms with Crippen molar-refractivity contribution in [2.45, 2.75) is 13.8 Å². The number of rotatable bonds is 5. The Labute approximate surface area is 166 Å². The van der Waals surface area contributed by atoms with Crippen LogP contribution >= 0.6 is 11.3 Å². The third kappa shape index (κ3) is 3.77. The number of hydrogen-bond acceptors (Lipinski definition) is 6. The first-order chi connectivity index (χ1) is 13.6. The van der Waals surface area contributed by atoms with Crippen LogP contribution in [0.2, 0.25) is 0 Å². The van der Waals surface area contributed by atoms with E-state index in [4.69, 9.17) is 0 Å². The lowest BCUT2D eigenvalue weighted by molar-refractivity contribution is 0.0963. The first kappa shape index (κ1) is 17.9. The summed E-state index contributed by atoms with van der Waals surface area (Å²) < 4.78 is 1.71. The minimum Gasteiger partial charge on any atom is -0.267 e. The molecule has 1 aromatic carbocycles. The molecule has 3 aromatic heterocycles. The molecule has 0 aliphatic carbocycles. The average molecular weight is 390 g/mol. The van der Waals surface area contributed by atoms with Crippen molar-refractivity contribution in [3.63, 3.8) is 0 Å². The molecule has 0 radical (unpaired) electrons. The van der Waals surface area contributed by atoms with Gasteiger partial charge in [0, 0.05) is 17.6 Å². The Bertz CT molecular complexity index is 1080. The van der Waals surface area contributed by atoms with Crippen molar-refractivity contribution in [2.24, 2.45) is 0 Å². The maximum Gasteiger partial charge on any atom is 0.273 e. The van der Waals surface area contributed by atoms with Crippen LogP contribution < -0.4 is 10.9 Å². The number of hydrogen-bond donors (Lipinski definition) is 2. The number of anilines is 1. The molecule has 3 heterocycles. The highest BCUT2D eigenvalue weighted by Crippen LogP contribution is 2.27. The van der Waals surface area contributed by atoms with Crippen LogP contribution in [0.1, 0.15) is 21.7 Å². The Balaban J connectivity index is 1.63. The quantitative estimate of drug-likeness (QED) is 0.507. The summed E-state index contributed by atoms with van der Waals surface area (Å²) in [6.45, 7) is 3.75. The molecular weight excluding hydrogens is 372 g/mol. The van der Waals surface area contributed by atoms with Gasteiger partial charge in [0.1, 0.15) is 5.69 Å². The van der Waals surface area contributed by atoms with Crippen LogP contribution in [0.25, 0.3) is 16.3 Å². The van der Waals surface area contributed by atoms with Gasteiger partial charge in [0.2, 0.25) is 5.95 Å². The number of benzene rings is 1. The van der Waals surface area contributed by atoms with E-state index < -0.39 is 0 Å². The smallest absolute Gasteiger partial charge is 0.267 e. The summed E-state index contributed by atoms with van der Waals surface area (Å²) in [5, 5.41) is 6.59. The lowest BCUT2D eigenvalue weighted by atomic mass is 10.2. The molecule has 1 amide bonds. The molecular formula is C20H18N6OS. The predicted octanol–water partition coefficient (Wildman–Crippen LogP) is 3.76. The number of amides is 1. The minimum atomic E-state index is -0.312. The highest BCUT2D eigenvalue weighted by Gasteiger charge is 2.19. The monoisotopic (exact) mass is 390 g/mol. The largest absolute Gasteiger partial charge is 0.273 e. The number of aromatic nitrogens is 4. The van der Waals surface area contributed by atoms with Crippen LogP contribution in [0.4, 0.5) is 5.95 Å². The second-order valence-electron chi connectivity index (χ2n) is 6.20. The van der Waals surface area contributed by atoms with Crippen LogP contribution in [-0.2, 0) is 0 Å². The fourth-order valence-corrected chi connectivity index (χ4v) is 3.53. The van der Waals surface area contributed by atoms with Gasteiger partial charge >= 0.3 is 0 Å². The summed E-state index contributed by atoms with van der Waals surface area (Å²) >= 11 is 1.53. The van der Waals surface area contributed by atoms with Crippen molar-refractivity contribution in [3.8, 4) is 16.3 Å². The Hall–Kier alpha value is -3.52. The van der Waals surface area contributed by atoms with Gasteiger partial charge in [-0.25, -0.2) is 14.6 Å². The van der Waals surface area contributed by atoms with E-state index in [1.54, 1.807) is 10.9 Å². The summed E-state index contributed by atoms with van der Waals surface area (Å²) in [4.78, 5) is 22.3. The molecule has 0 fully saturated rings. The molecule has 4 aromatic rings. The van der Waals surface area contributed by atoms with Gasteiger partial charge in [0.15, 0.2) is 0 Å². The van der Waals surface area contributed by atoms with Gasteiger partial charge < -0.3 is 0 Å². The molecule has 0 saturated heterocycles. The van der Waals surface area contributed by atoms with Crippen LogP contribution in [0.15, 0.2) is 60.1 Å². The van der Waals surface area contributed by atoms with E-state index in [-0.39, 0.29) is 5.91 Å². The van der Waals surface area contributed by atoms with Gasteiger partial charge in [0.05, 0.1) is 16.1 Å². The maximum absolute atomic E-state index is 12.9. The zero-order valence-electron chi connectivity index (χ0n) is 15.4. The molecule has 0 unspecified atom stereocenters. The average Bonchev–Trinajstić information content (AvgIpc) is 3.35. The van der Waals surface area contributed by atoms with Gasteiger partial charge in [-0.3, -0.25) is 15.6 Å². The molecule has 0 spiro atoms. The number of nitrogens with one attached hydrogen (secondary N) is 2. The van der Waals surface area contributed by atoms with Gasteiger partial charge in [-0.2, -0.15) is 5.10 Å². The lowest BCUT2D eigenvalue weighted by Gasteiger charge is -2.08. The number of thiophene rings is 1. The molecule has 8 heteroatoms. The van der Waals surface area contributed by atoms with Crippen molar-refractivity contribution in [1.29, 1.82) is 0 Å². The molecule has 0 saturated carbocycles. The highest BCUT2D eigenvalue weighted by molar-refractivity contribution is 7.13. The normalized spacial score (nSPS) is 10.6. The topological polar surface area (TPSA) is 84.7 Å². The minimum absolute atomic E-state index is 0.312. The number of para-hydroxylation sites is 1. The number of hydrazine groups is 1. The van der Waals surface area contributed by atoms with Crippen LogP contribution in [0.5, 0.6) is 0 Å². The Morgan fingerprint density at radius 2 is 1.79 bits per heavy atom. The van der Waals surface area contributed by atoms with Crippen LogP contribution in [0.3, 0.4) is 0 Å². The molecule has 0 bridgehead atoms. The van der Waals surface area contributed by atoms with E-state index in [0.29, 0.717) is 17.2 Å². The fraction of sp³-hybridized carbons (Fsp3) is 0.100. The Morgan fingerprint density at radius 3 is 2.46 bits per heavy atom. The molecule has 0 aliphatic heterocycles. The van der Waals surface area contributed by atoms with E-state index in [9.17, 15) is 4.79 Å². The molecule has 140 valence electrons. The van der Waals surface area contributed by atoms with Gasteiger partial charge in [-0.15, -0.1) is 11.3 Å². The number of carbonyl (C=O) groups is 1. The second kappa shape index (κ2) is 7.61. The highest BCUT2D eigenvalue weighted by atomic mass is 32.1. The van der Waals surface area contributed by atoms with E-state index >= 15 is 0 Å². The lowest BCUT2D eigenvalue weighted by Crippen LogP contribution is -2.30. The fourth-order valence-electron chi connectivity index (χ4n) is 2.81. The first-order valence-corrected chi connectivity index (χ1v) is 9.56. The third-order valence-corrected chi connectivity index (χ3v) is 4.88. The second-order valence-corrected chi connectivity index (χ2v) is 7.15. The number of carbonyl (C=O) groups excluding carboxylic acids is 1. The zero-order valence-corrected chi connectivity index (χ0v) is 16.2. The molecule has 2 N–H and O–H groups in total. The summed E-state index contributed by atoms with van der Waals surface area (Å²) in [6, 6.07) is 15.4. The molecule has 4 rings (SSSR count). The molecule has 0 aliphatic rings. The van der Waals surface area contributed by atoms with Crippen molar-refractivity contribution < 1.29 is 4.79 Å². The van der Waals surface area contributed by atoms with Crippen molar-refractivity contribution in [1.82, 2.24) is 25.2 Å². The van der Waals surface area contributed by atoms with E-state index in [1.165, 1.54) is 11.3 Å². The summed E-state index contributed by atoms with van der Waals surface area (Å²) in [5.74, 6) is 0.0346. The van der Waals surface area contributed by atoms with E-state index in [0.717, 1.165) is 22.0 Å². The van der Waals surface area contributed by atoms with Gasteiger partial charge in [-0.05, 0) is 43.5 Å². The van der Waals surface area contributed by atoms with Crippen molar-refractivity contribution in [2.75, 3.05) is 5.43 Å². The van der Waals surface area contributed by atoms with Crippen LogP contribution in [0, 0.1) is 13.8 Å². The summed E-state index contributed by atoms with van der Waals surface area (Å²) in [6.07, 6.45) is 1.73. The molecule has 7 nitrogen and oxygen atoms in total. The Kier molecular flexibility index (Phi) is 4.86. The van der Waals surface area contributed by atoms with Crippen molar-refractivity contribution in [3.05, 3.63) is 77.1 Å². The standard InChI is InChI=1S/C20H18N6OS/c1-13-11-14(2)22-20(21-13)24-23-19(27)16-12-26(15-7-4-3-5-8-15)25-18(16)17-9-6-10-28-17/h3-12H,1-2H3,(H,23,27)(H,21,22,24). The van der Waals surface area contributed by atoms with Crippen molar-refractivity contribution >= 4 is 23.2 Å². The third-order valence-electron chi connectivity index (χ3n) is 4.00. The van der Waals surface area contributed by atoms with E-state index in [1.807, 2.05) is 67.8 Å². The SMILES string of the molecule is Cc1cc(C)nc(NNC(=O)c2cn(-c3ccccc3)nc2-c2cccs2)n1. The summed E-state index contributed by atoms with van der Waals surface area (Å²) in [5.41, 5.74) is 9.07. The Morgan fingerprint density at radius 1 is 1.04 bits per heavy atom. The molecule has 0 atom stereocenters. The number of aryl methyl sites for hydroxylation is 2. The maximum atomic E-state index is 12.9.